The number of fused-ring (bicyclic) bond motifs is 1. The largest absolute Gasteiger partial charge is 0.496 e. The molecule has 1 amide bonds. The van der Waals surface area contributed by atoms with Gasteiger partial charge in [0, 0.05) is 28.3 Å². The SMILES string of the molecule is CC[C@@H](C1CCN(CC(F)F)CC1)n1c(C)c(C(=O)NCc2c(OC)cc(C)[nH]c2=O)c2ccccc21. The number of amides is 1. The standard InChI is InChI=1S/C28H36F2N4O3/c1-5-22(19-10-12-33(13-11-19)16-25(29)30)34-18(3)26(20-8-6-7-9-23(20)34)28(36)31-15-21-24(37-4)14-17(2)32-27(21)35/h6-9,14,19,22,25H,5,10-13,15-16H2,1-4H3,(H,31,36)(H,32,35)/t22-/m0/s1. The van der Waals surface area contributed by atoms with Crippen molar-refractivity contribution in [2.75, 3.05) is 26.7 Å². The minimum atomic E-state index is -2.31. The van der Waals surface area contributed by atoms with Crippen LogP contribution in [0.4, 0.5) is 8.78 Å². The van der Waals surface area contributed by atoms with Crippen molar-refractivity contribution >= 4 is 16.8 Å². The summed E-state index contributed by atoms with van der Waals surface area (Å²) < 4.78 is 33.3. The fourth-order valence-electron chi connectivity index (χ4n) is 5.84. The van der Waals surface area contributed by atoms with Crippen LogP contribution in [-0.2, 0) is 6.54 Å². The summed E-state index contributed by atoms with van der Waals surface area (Å²) >= 11 is 0. The average Bonchev–Trinajstić information content (AvgIpc) is 3.16. The minimum Gasteiger partial charge on any atom is -0.496 e. The first-order valence-corrected chi connectivity index (χ1v) is 12.9. The first-order chi connectivity index (χ1) is 17.7. The summed E-state index contributed by atoms with van der Waals surface area (Å²) in [5, 5.41) is 3.78. The van der Waals surface area contributed by atoms with Crippen molar-refractivity contribution in [3.05, 3.63) is 63.2 Å². The van der Waals surface area contributed by atoms with Gasteiger partial charge in [-0.1, -0.05) is 25.1 Å². The number of hydrogen-bond acceptors (Lipinski definition) is 4. The number of aromatic amines is 1. The second-order valence-corrected chi connectivity index (χ2v) is 9.86. The van der Waals surface area contributed by atoms with Gasteiger partial charge in [-0.25, -0.2) is 8.78 Å². The summed E-state index contributed by atoms with van der Waals surface area (Å²) in [5.74, 6) is 0.515. The van der Waals surface area contributed by atoms with Crippen molar-refractivity contribution in [1.82, 2.24) is 19.8 Å². The normalized spacial score (nSPS) is 15.9. The molecular formula is C28H36F2N4O3. The number of hydrogen-bond donors (Lipinski definition) is 2. The molecule has 0 aliphatic carbocycles. The summed E-state index contributed by atoms with van der Waals surface area (Å²) in [7, 11) is 1.50. The number of benzene rings is 1. The van der Waals surface area contributed by atoms with Crippen LogP contribution in [0, 0.1) is 19.8 Å². The van der Waals surface area contributed by atoms with Crippen LogP contribution < -0.4 is 15.6 Å². The van der Waals surface area contributed by atoms with E-state index < -0.39 is 6.43 Å². The van der Waals surface area contributed by atoms with Crippen LogP contribution in [0.15, 0.2) is 35.1 Å². The van der Waals surface area contributed by atoms with Gasteiger partial charge in [-0.05, 0) is 64.3 Å². The molecule has 0 bridgehead atoms. The van der Waals surface area contributed by atoms with E-state index in [1.807, 2.05) is 36.1 Å². The van der Waals surface area contributed by atoms with Gasteiger partial charge in [0.1, 0.15) is 5.75 Å². The van der Waals surface area contributed by atoms with Crippen molar-refractivity contribution in [1.29, 1.82) is 0 Å². The Labute approximate surface area is 215 Å². The number of nitrogens with zero attached hydrogens (tertiary/aromatic N) is 2. The number of alkyl halides is 2. The molecule has 1 aliphatic rings. The van der Waals surface area contributed by atoms with Crippen molar-refractivity contribution in [3.63, 3.8) is 0 Å². The Hall–Kier alpha value is -3.20. The molecule has 200 valence electrons. The third kappa shape index (κ3) is 5.56. The third-order valence-corrected chi connectivity index (χ3v) is 7.58. The van der Waals surface area contributed by atoms with Crippen LogP contribution >= 0.6 is 0 Å². The van der Waals surface area contributed by atoms with Crippen LogP contribution in [0.5, 0.6) is 5.75 Å². The van der Waals surface area contributed by atoms with E-state index in [2.05, 4.69) is 21.8 Å². The Morgan fingerprint density at radius 2 is 1.92 bits per heavy atom. The monoisotopic (exact) mass is 514 g/mol. The number of aryl methyl sites for hydroxylation is 1. The molecule has 2 aromatic heterocycles. The molecule has 37 heavy (non-hydrogen) atoms. The molecule has 1 atom stereocenters. The van der Waals surface area contributed by atoms with Crippen molar-refractivity contribution in [3.8, 4) is 5.75 Å². The number of aromatic nitrogens is 2. The summed E-state index contributed by atoms with van der Waals surface area (Å²) in [6.45, 7) is 7.05. The van der Waals surface area contributed by atoms with E-state index in [9.17, 15) is 18.4 Å². The Bertz CT molecular complexity index is 1310. The average molecular weight is 515 g/mol. The number of piperidine rings is 1. The van der Waals surface area contributed by atoms with Gasteiger partial charge in [0.15, 0.2) is 0 Å². The molecule has 1 aliphatic heterocycles. The molecule has 1 fully saturated rings. The molecule has 9 heteroatoms. The maximum atomic E-state index is 13.5. The lowest BCUT2D eigenvalue weighted by atomic mass is 9.87. The molecular weight excluding hydrogens is 478 g/mol. The first kappa shape index (κ1) is 26.9. The van der Waals surface area contributed by atoms with Gasteiger partial charge < -0.3 is 19.6 Å². The summed E-state index contributed by atoms with van der Waals surface area (Å²) in [6.07, 6.45) is 0.241. The zero-order valence-electron chi connectivity index (χ0n) is 21.9. The zero-order valence-corrected chi connectivity index (χ0v) is 21.9. The van der Waals surface area contributed by atoms with Crippen molar-refractivity contribution in [2.24, 2.45) is 5.92 Å². The van der Waals surface area contributed by atoms with Gasteiger partial charge in [0.2, 0.25) is 0 Å². The molecule has 3 heterocycles. The van der Waals surface area contributed by atoms with Crippen molar-refractivity contribution in [2.45, 2.75) is 59.0 Å². The first-order valence-electron chi connectivity index (χ1n) is 12.9. The Kier molecular flexibility index (Phi) is 8.32. The number of para-hydroxylation sites is 1. The van der Waals surface area contributed by atoms with Crippen LogP contribution in [0.2, 0.25) is 0 Å². The topological polar surface area (TPSA) is 79.4 Å². The maximum absolute atomic E-state index is 13.5. The lowest BCUT2D eigenvalue weighted by Gasteiger charge is -2.37. The Morgan fingerprint density at radius 1 is 1.22 bits per heavy atom. The number of likely N-dealkylation sites (tertiary alicyclic amines) is 1. The quantitative estimate of drug-likeness (QED) is 0.430. The third-order valence-electron chi connectivity index (χ3n) is 7.58. The van der Waals surface area contributed by atoms with E-state index in [1.54, 1.807) is 13.0 Å². The number of halogens is 2. The van der Waals surface area contributed by atoms with Crippen LogP contribution in [0.25, 0.3) is 10.9 Å². The highest BCUT2D eigenvalue weighted by atomic mass is 19.3. The number of methoxy groups -OCH3 is 1. The van der Waals surface area contributed by atoms with Gasteiger partial charge in [0.25, 0.3) is 17.9 Å². The number of rotatable bonds is 9. The predicted molar refractivity (Wildman–Crippen MR) is 141 cm³/mol. The molecule has 0 radical (unpaired) electrons. The van der Waals surface area contributed by atoms with E-state index >= 15 is 0 Å². The number of pyridine rings is 1. The molecule has 2 N–H and O–H groups in total. The van der Waals surface area contributed by atoms with Crippen LogP contribution in [-0.4, -0.2) is 53.5 Å². The highest BCUT2D eigenvalue weighted by molar-refractivity contribution is 6.08. The lowest BCUT2D eigenvalue weighted by molar-refractivity contribution is 0.0614. The van der Waals surface area contributed by atoms with Crippen LogP contribution in [0.1, 0.15) is 59.5 Å². The smallest absolute Gasteiger partial charge is 0.256 e. The number of carbonyl (C=O) groups is 1. The molecule has 0 spiro atoms. The van der Waals surface area contributed by atoms with Gasteiger partial charge in [-0.15, -0.1) is 0 Å². The number of ether oxygens (including phenoxy) is 1. The van der Waals surface area contributed by atoms with Gasteiger partial charge in [-0.2, -0.15) is 0 Å². The Balaban J connectivity index is 1.62. The number of H-pyrrole nitrogens is 1. The van der Waals surface area contributed by atoms with E-state index in [0.717, 1.165) is 35.9 Å². The zero-order chi connectivity index (χ0) is 26.7. The van der Waals surface area contributed by atoms with Crippen molar-refractivity contribution < 1.29 is 18.3 Å². The molecule has 3 aromatic rings. The van der Waals surface area contributed by atoms with E-state index in [1.165, 1.54) is 7.11 Å². The second-order valence-electron chi connectivity index (χ2n) is 9.86. The summed E-state index contributed by atoms with van der Waals surface area (Å²) in [5.41, 5.74) is 3.20. The molecule has 1 aromatic carbocycles. The van der Waals surface area contributed by atoms with E-state index in [-0.39, 0.29) is 30.6 Å². The fourth-order valence-corrected chi connectivity index (χ4v) is 5.84. The Morgan fingerprint density at radius 3 is 2.57 bits per heavy atom. The number of carbonyl (C=O) groups excluding carboxylic acids is 1. The van der Waals surface area contributed by atoms with Gasteiger partial charge in [0.05, 0.1) is 31.3 Å². The van der Waals surface area contributed by atoms with Gasteiger partial charge in [-0.3, -0.25) is 14.5 Å². The molecule has 0 unspecified atom stereocenters. The second kappa shape index (κ2) is 11.5. The minimum absolute atomic E-state index is 0.0381. The lowest BCUT2D eigenvalue weighted by Crippen LogP contribution is -2.39. The molecule has 7 nitrogen and oxygen atoms in total. The highest BCUT2D eigenvalue weighted by Gasteiger charge is 2.31. The number of nitrogens with one attached hydrogen (secondary N) is 2. The maximum Gasteiger partial charge on any atom is 0.256 e. The molecule has 4 rings (SSSR count). The van der Waals surface area contributed by atoms with Crippen LogP contribution in [0.3, 0.4) is 0 Å². The fraction of sp³-hybridized carbons (Fsp3) is 0.500. The van der Waals surface area contributed by atoms with E-state index in [4.69, 9.17) is 4.74 Å². The summed E-state index contributed by atoms with van der Waals surface area (Å²) in [6, 6.07) is 9.75. The van der Waals surface area contributed by atoms with E-state index in [0.29, 0.717) is 41.6 Å². The molecule has 0 saturated carbocycles. The van der Waals surface area contributed by atoms with Gasteiger partial charge >= 0.3 is 0 Å². The summed E-state index contributed by atoms with van der Waals surface area (Å²) in [4.78, 5) is 30.6. The predicted octanol–water partition coefficient (Wildman–Crippen LogP) is 4.81. The molecule has 1 saturated heterocycles. The highest BCUT2D eigenvalue weighted by Crippen LogP contribution is 2.37.